The molecule has 0 aromatic heterocycles. The van der Waals surface area contributed by atoms with Crippen LogP contribution in [0.2, 0.25) is 0 Å². The second-order valence-electron chi connectivity index (χ2n) is 1.22. The van der Waals surface area contributed by atoms with Crippen LogP contribution in [0.5, 0.6) is 0 Å². The van der Waals surface area contributed by atoms with E-state index >= 15 is 0 Å². The quantitative estimate of drug-likeness (QED) is 0.403. The molecule has 1 aliphatic rings. The summed E-state index contributed by atoms with van der Waals surface area (Å²) in [6.07, 6.45) is 0. The maximum atomic E-state index is 3.51. The lowest BCUT2D eigenvalue weighted by Crippen LogP contribution is -1.91. The van der Waals surface area contributed by atoms with E-state index in [1.165, 1.54) is 4.70 Å². The molecular formula is C3H5N4+. The SMILES string of the molecule is C=C1N=NN=[N+]1C. The van der Waals surface area contributed by atoms with Gasteiger partial charge in [0.2, 0.25) is 5.22 Å². The van der Waals surface area contributed by atoms with Gasteiger partial charge in [-0.25, -0.2) is 0 Å². The van der Waals surface area contributed by atoms with Crippen molar-refractivity contribution in [2.24, 2.45) is 15.6 Å². The fourth-order valence-corrected chi connectivity index (χ4v) is 0.248. The Morgan fingerprint density at radius 3 is 2.57 bits per heavy atom. The molecule has 0 N–H and O–H groups in total. The summed E-state index contributed by atoms with van der Waals surface area (Å²) in [6, 6.07) is 0. The van der Waals surface area contributed by atoms with E-state index in [4.69, 9.17) is 0 Å². The highest BCUT2D eigenvalue weighted by Crippen LogP contribution is 2.02. The van der Waals surface area contributed by atoms with E-state index in [0.29, 0.717) is 5.82 Å². The van der Waals surface area contributed by atoms with E-state index < -0.39 is 0 Å². The van der Waals surface area contributed by atoms with Gasteiger partial charge in [0.25, 0.3) is 0 Å². The summed E-state index contributed by atoms with van der Waals surface area (Å²) >= 11 is 0. The van der Waals surface area contributed by atoms with E-state index in [1.807, 2.05) is 0 Å². The second kappa shape index (κ2) is 1.22. The van der Waals surface area contributed by atoms with E-state index in [0.717, 1.165) is 0 Å². The molecule has 0 atom stereocenters. The minimum absolute atomic E-state index is 0.583. The zero-order valence-electron chi connectivity index (χ0n) is 4.00. The van der Waals surface area contributed by atoms with Crippen LogP contribution in [0, 0.1) is 0 Å². The van der Waals surface area contributed by atoms with Crippen molar-refractivity contribution in [1.29, 1.82) is 0 Å². The van der Waals surface area contributed by atoms with Crippen LogP contribution in [-0.2, 0) is 0 Å². The van der Waals surface area contributed by atoms with Crippen molar-refractivity contribution in [2.75, 3.05) is 7.05 Å². The van der Waals surface area contributed by atoms with E-state index in [1.54, 1.807) is 7.05 Å². The zero-order valence-corrected chi connectivity index (χ0v) is 4.00. The van der Waals surface area contributed by atoms with Crippen LogP contribution >= 0.6 is 0 Å². The summed E-state index contributed by atoms with van der Waals surface area (Å²) in [5.41, 5.74) is 0. The minimum atomic E-state index is 0.583. The average molecular weight is 97.1 g/mol. The van der Waals surface area contributed by atoms with Gasteiger partial charge in [0.15, 0.2) is 0 Å². The molecule has 7 heavy (non-hydrogen) atoms. The third kappa shape index (κ3) is 0.534. The van der Waals surface area contributed by atoms with Crippen molar-refractivity contribution in [3.8, 4) is 0 Å². The minimum Gasteiger partial charge on any atom is -0.134 e. The molecule has 1 aliphatic heterocycles. The first kappa shape index (κ1) is 4.11. The molecule has 0 aromatic carbocycles. The lowest BCUT2D eigenvalue weighted by molar-refractivity contribution is -0.509. The summed E-state index contributed by atoms with van der Waals surface area (Å²) in [5, 5.41) is 10.3. The van der Waals surface area contributed by atoms with Crippen molar-refractivity contribution in [2.45, 2.75) is 0 Å². The Bertz CT molecular complexity index is 154. The average Bonchev–Trinajstić information content (AvgIpc) is 1.91. The normalized spacial score (nSPS) is 17.9. The largest absolute Gasteiger partial charge is 0.319 e. The highest BCUT2D eigenvalue weighted by molar-refractivity contribution is 4.73. The third-order valence-electron chi connectivity index (χ3n) is 0.708. The molecule has 0 unspecified atom stereocenters. The van der Waals surface area contributed by atoms with Crippen molar-refractivity contribution in [3.63, 3.8) is 0 Å². The molecule has 4 nitrogen and oxygen atoms in total. The molecule has 0 fully saturated rings. The Hall–Kier alpha value is -1.06. The molecule has 0 amide bonds. The Morgan fingerprint density at radius 1 is 1.71 bits per heavy atom. The maximum Gasteiger partial charge on any atom is 0.319 e. The van der Waals surface area contributed by atoms with Crippen molar-refractivity contribution in [1.82, 2.24) is 0 Å². The van der Waals surface area contributed by atoms with E-state index in [-0.39, 0.29) is 0 Å². The first-order valence-corrected chi connectivity index (χ1v) is 1.85. The molecule has 0 radical (unpaired) electrons. The monoisotopic (exact) mass is 97.1 g/mol. The number of nitrogens with zero attached hydrogens (tertiary/aromatic N) is 4. The predicted molar refractivity (Wildman–Crippen MR) is 22.6 cm³/mol. The van der Waals surface area contributed by atoms with Crippen LogP contribution in [0.3, 0.4) is 0 Å². The predicted octanol–water partition coefficient (Wildman–Crippen LogP) is 0.933. The van der Waals surface area contributed by atoms with Gasteiger partial charge in [0.05, 0.1) is 7.05 Å². The molecule has 0 aromatic rings. The van der Waals surface area contributed by atoms with Crippen LogP contribution in [0.4, 0.5) is 0 Å². The zero-order chi connectivity index (χ0) is 5.28. The Morgan fingerprint density at radius 2 is 2.43 bits per heavy atom. The molecule has 0 bridgehead atoms. The molecular weight excluding hydrogens is 92.1 g/mol. The van der Waals surface area contributed by atoms with Crippen LogP contribution < -0.4 is 0 Å². The molecule has 1 rings (SSSR count). The smallest absolute Gasteiger partial charge is 0.134 e. The fraction of sp³-hybridized carbons (Fsp3) is 0.333. The summed E-state index contributed by atoms with van der Waals surface area (Å²) in [7, 11) is 1.74. The van der Waals surface area contributed by atoms with Crippen molar-refractivity contribution in [3.05, 3.63) is 12.4 Å². The van der Waals surface area contributed by atoms with Crippen LogP contribution in [0.25, 0.3) is 0 Å². The molecule has 0 saturated heterocycles. The summed E-state index contributed by atoms with van der Waals surface area (Å²) in [5.74, 6) is 0.583. The summed E-state index contributed by atoms with van der Waals surface area (Å²) in [6.45, 7) is 3.51. The van der Waals surface area contributed by atoms with Gasteiger partial charge in [-0.1, -0.05) is 0 Å². The van der Waals surface area contributed by atoms with E-state index in [9.17, 15) is 0 Å². The number of hydrogen-bond donors (Lipinski definition) is 0. The number of hydrogen-bond acceptors (Lipinski definition) is 3. The van der Waals surface area contributed by atoms with Crippen LogP contribution in [0.15, 0.2) is 28.0 Å². The number of rotatable bonds is 0. The molecule has 4 heteroatoms. The third-order valence-corrected chi connectivity index (χ3v) is 0.708. The Balaban J connectivity index is 2.89. The molecule has 0 spiro atoms. The van der Waals surface area contributed by atoms with Gasteiger partial charge >= 0.3 is 5.82 Å². The van der Waals surface area contributed by atoms with Gasteiger partial charge in [0, 0.05) is 0 Å². The highest BCUT2D eigenvalue weighted by Gasteiger charge is 2.09. The molecule has 0 aliphatic carbocycles. The van der Waals surface area contributed by atoms with Gasteiger partial charge < -0.3 is 0 Å². The van der Waals surface area contributed by atoms with Gasteiger partial charge in [-0.05, 0) is 6.58 Å². The first-order chi connectivity index (χ1) is 3.30. The van der Waals surface area contributed by atoms with Crippen molar-refractivity contribution >= 4 is 0 Å². The molecule has 36 valence electrons. The topological polar surface area (TPSA) is 40.1 Å². The summed E-state index contributed by atoms with van der Waals surface area (Å²) in [4.78, 5) is 0. The van der Waals surface area contributed by atoms with Gasteiger partial charge in [-0.2, -0.15) is 0 Å². The summed E-state index contributed by atoms with van der Waals surface area (Å²) < 4.78 is 1.50. The Kier molecular flexibility index (Phi) is 0.714. The Labute approximate surface area is 40.8 Å². The molecule has 1 heterocycles. The van der Waals surface area contributed by atoms with Crippen molar-refractivity contribution < 1.29 is 4.70 Å². The fourth-order valence-electron chi connectivity index (χ4n) is 0.248. The second-order valence-corrected chi connectivity index (χ2v) is 1.22. The highest BCUT2D eigenvalue weighted by atomic mass is 15.6. The molecule has 0 saturated carbocycles. The first-order valence-electron chi connectivity index (χ1n) is 1.85. The van der Waals surface area contributed by atoms with Gasteiger partial charge in [0.1, 0.15) is 10.3 Å². The standard InChI is InChI=1S/C3H5N4/c1-3-4-5-6-7(3)2/h1H2,2H3/q+1. The van der Waals surface area contributed by atoms with Crippen LogP contribution in [0.1, 0.15) is 0 Å². The van der Waals surface area contributed by atoms with Gasteiger partial charge in [-0.3, -0.25) is 0 Å². The lowest BCUT2D eigenvalue weighted by Gasteiger charge is -1.75. The van der Waals surface area contributed by atoms with E-state index in [2.05, 4.69) is 22.1 Å². The van der Waals surface area contributed by atoms with Gasteiger partial charge in [-0.15, -0.1) is 4.70 Å². The lowest BCUT2D eigenvalue weighted by atomic mass is 10.8. The van der Waals surface area contributed by atoms with Crippen LogP contribution in [-0.4, -0.2) is 11.7 Å². The maximum absolute atomic E-state index is 3.51.